The van der Waals surface area contributed by atoms with Gasteiger partial charge in [-0.1, -0.05) is 31.2 Å². The summed E-state index contributed by atoms with van der Waals surface area (Å²) in [7, 11) is 1.84. The minimum Gasteiger partial charge on any atom is -0.373 e. The van der Waals surface area contributed by atoms with Gasteiger partial charge in [0.15, 0.2) is 0 Å². The molecule has 0 aliphatic rings. The molecule has 4 nitrogen and oxygen atoms in total. The number of aromatic nitrogens is 1. The highest BCUT2D eigenvalue weighted by molar-refractivity contribution is 6.09. The van der Waals surface area contributed by atoms with E-state index in [-0.39, 0.29) is 11.9 Å². The number of nitrogens with one attached hydrogen (secondary N) is 1. The predicted molar refractivity (Wildman–Crippen MR) is 87.8 cm³/mol. The Labute approximate surface area is 126 Å². The van der Waals surface area contributed by atoms with E-state index in [1.54, 1.807) is 6.20 Å². The summed E-state index contributed by atoms with van der Waals surface area (Å²) in [5, 5.41) is 5.00. The predicted octanol–water partition coefficient (Wildman–Crippen LogP) is 3.54. The van der Waals surface area contributed by atoms with Gasteiger partial charge in [0.25, 0.3) is 5.91 Å². The van der Waals surface area contributed by atoms with E-state index in [1.165, 1.54) is 0 Å². The Morgan fingerprint density at radius 2 is 1.95 bits per heavy atom. The third-order valence-electron chi connectivity index (χ3n) is 3.61. The maximum atomic E-state index is 12.9. The van der Waals surface area contributed by atoms with Crippen molar-refractivity contribution in [2.75, 3.05) is 18.9 Å². The largest absolute Gasteiger partial charge is 0.373 e. The number of hydrogen-bond acceptors (Lipinski definition) is 3. The fraction of sp³-hybridized carbons (Fsp3) is 0.412. The van der Waals surface area contributed by atoms with Gasteiger partial charge in [-0.05, 0) is 25.7 Å². The number of amides is 1. The fourth-order valence-electron chi connectivity index (χ4n) is 2.55. The standard InChI is InChI=1S/C17H23N3O/c1-5-10-20(12(2)3)17(21)15-11-19-16(18-4)14-9-7-6-8-13(14)15/h6-9,11-12H,5,10H2,1-4H3,(H,18,19). The molecule has 2 rings (SSSR count). The Hall–Kier alpha value is -2.10. The van der Waals surface area contributed by atoms with E-state index in [4.69, 9.17) is 0 Å². The number of rotatable bonds is 5. The molecule has 0 atom stereocenters. The SMILES string of the molecule is CCCN(C(=O)c1cnc(NC)c2ccccc12)C(C)C. The molecule has 0 aliphatic heterocycles. The second kappa shape index (κ2) is 6.57. The molecule has 0 bridgehead atoms. The van der Waals surface area contributed by atoms with Crippen LogP contribution in [0.2, 0.25) is 0 Å². The zero-order valence-corrected chi connectivity index (χ0v) is 13.2. The normalized spacial score (nSPS) is 10.9. The van der Waals surface area contributed by atoms with E-state index in [9.17, 15) is 4.79 Å². The number of benzene rings is 1. The molecule has 1 aromatic carbocycles. The van der Waals surface area contributed by atoms with E-state index in [1.807, 2.05) is 50.1 Å². The first kappa shape index (κ1) is 15.3. The van der Waals surface area contributed by atoms with Gasteiger partial charge in [-0.15, -0.1) is 0 Å². The summed E-state index contributed by atoms with van der Waals surface area (Å²) < 4.78 is 0. The van der Waals surface area contributed by atoms with E-state index < -0.39 is 0 Å². The molecule has 2 aromatic rings. The lowest BCUT2D eigenvalue weighted by Crippen LogP contribution is -2.37. The van der Waals surface area contributed by atoms with Crippen LogP contribution in [0, 0.1) is 0 Å². The molecule has 0 spiro atoms. The van der Waals surface area contributed by atoms with Gasteiger partial charge in [0.2, 0.25) is 0 Å². The van der Waals surface area contributed by atoms with Crippen LogP contribution < -0.4 is 5.32 Å². The average molecular weight is 285 g/mol. The van der Waals surface area contributed by atoms with Crippen molar-refractivity contribution in [3.8, 4) is 0 Å². The van der Waals surface area contributed by atoms with Gasteiger partial charge in [-0.3, -0.25) is 4.79 Å². The smallest absolute Gasteiger partial charge is 0.256 e. The maximum absolute atomic E-state index is 12.9. The van der Waals surface area contributed by atoms with Crippen molar-refractivity contribution in [1.82, 2.24) is 9.88 Å². The fourth-order valence-corrected chi connectivity index (χ4v) is 2.55. The number of anilines is 1. The van der Waals surface area contributed by atoms with Crippen molar-refractivity contribution in [1.29, 1.82) is 0 Å². The molecule has 1 N–H and O–H groups in total. The zero-order valence-electron chi connectivity index (χ0n) is 13.2. The van der Waals surface area contributed by atoms with Crippen LogP contribution in [0.4, 0.5) is 5.82 Å². The van der Waals surface area contributed by atoms with Crippen LogP contribution in [-0.2, 0) is 0 Å². The first-order valence-electron chi connectivity index (χ1n) is 7.46. The Kier molecular flexibility index (Phi) is 4.78. The highest BCUT2D eigenvalue weighted by Gasteiger charge is 2.21. The van der Waals surface area contributed by atoms with Crippen molar-refractivity contribution in [2.24, 2.45) is 0 Å². The summed E-state index contributed by atoms with van der Waals surface area (Å²) in [4.78, 5) is 19.2. The second-order valence-corrected chi connectivity index (χ2v) is 5.41. The van der Waals surface area contributed by atoms with Gasteiger partial charge in [-0.2, -0.15) is 0 Å². The van der Waals surface area contributed by atoms with Crippen molar-refractivity contribution >= 4 is 22.5 Å². The Morgan fingerprint density at radius 3 is 2.52 bits per heavy atom. The summed E-state index contributed by atoms with van der Waals surface area (Å²) in [5.41, 5.74) is 0.673. The lowest BCUT2D eigenvalue weighted by molar-refractivity contribution is 0.0707. The average Bonchev–Trinajstić information content (AvgIpc) is 2.50. The van der Waals surface area contributed by atoms with Crippen LogP contribution in [0.1, 0.15) is 37.6 Å². The zero-order chi connectivity index (χ0) is 15.4. The summed E-state index contributed by atoms with van der Waals surface area (Å²) in [6.07, 6.45) is 2.63. The minimum atomic E-state index is 0.0539. The van der Waals surface area contributed by atoms with E-state index in [0.717, 1.165) is 29.6 Å². The number of pyridine rings is 1. The third-order valence-corrected chi connectivity index (χ3v) is 3.61. The maximum Gasteiger partial charge on any atom is 0.256 e. The third kappa shape index (κ3) is 2.99. The first-order chi connectivity index (χ1) is 10.1. The minimum absolute atomic E-state index is 0.0539. The van der Waals surface area contributed by atoms with Gasteiger partial charge in [-0.25, -0.2) is 4.98 Å². The molecule has 0 unspecified atom stereocenters. The molecule has 0 saturated heterocycles. The van der Waals surface area contributed by atoms with Gasteiger partial charge in [0.1, 0.15) is 5.82 Å². The van der Waals surface area contributed by atoms with Crippen LogP contribution in [-0.4, -0.2) is 35.4 Å². The molecular weight excluding hydrogens is 262 g/mol. The van der Waals surface area contributed by atoms with Gasteiger partial charge >= 0.3 is 0 Å². The lowest BCUT2D eigenvalue weighted by atomic mass is 10.1. The van der Waals surface area contributed by atoms with Crippen molar-refractivity contribution in [2.45, 2.75) is 33.2 Å². The number of fused-ring (bicyclic) bond motifs is 1. The summed E-state index contributed by atoms with van der Waals surface area (Å²) in [6, 6.07) is 8.07. The molecule has 1 heterocycles. The Bertz CT molecular complexity index is 637. The van der Waals surface area contributed by atoms with Crippen molar-refractivity contribution in [3.05, 3.63) is 36.0 Å². The molecule has 21 heavy (non-hydrogen) atoms. The van der Waals surface area contributed by atoms with Crippen LogP contribution in [0.5, 0.6) is 0 Å². The van der Waals surface area contributed by atoms with Crippen molar-refractivity contribution < 1.29 is 4.79 Å². The molecular formula is C17H23N3O. The number of hydrogen-bond donors (Lipinski definition) is 1. The molecule has 0 radical (unpaired) electrons. The van der Waals surface area contributed by atoms with Gasteiger partial charge < -0.3 is 10.2 Å². The molecule has 4 heteroatoms. The number of carbonyl (C=O) groups excluding carboxylic acids is 1. The van der Waals surface area contributed by atoms with Crippen LogP contribution >= 0.6 is 0 Å². The Morgan fingerprint density at radius 1 is 1.29 bits per heavy atom. The summed E-state index contributed by atoms with van der Waals surface area (Å²) in [5.74, 6) is 0.854. The molecule has 0 saturated carbocycles. The monoisotopic (exact) mass is 285 g/mol. The van der Waals surface area contributed by atoms with E-state index in [2.05, 4.69) is 17.2 Å². The molecule has 1 amide bonds. The molecule has 0 aliphatic carbocycles. The summed E-state index contributed by atoms with van der Waals surface area (Å²) in [6.45, 7) is 6.94. The summed E-state index contributed by atoms with van der Waals surface area (Å²) >= 11 is 0. The van der Waals surface area contributed by atoms with Crippen LogP contribution in [0.25, 0.3) is 10.8 Å². The first-order valence-corrected chi connectivity index (χ1v) is 7.46. The van der Waals surface area contributed by atoms with Crippen LogP contribution in [0.3, 0.4) is 0 Å². The molecule has 112 valence electrons. The highest BCUT2D eigenvalue weighted by atomic mass is 16.2. The van der Waals surface area contributed by atoms with E-state index >= 15 is 0 Å². The lowest BCUT2D eigenvalue weighted by Gasteiger charge is -2.27. The van der Waals surface area contributed by atoms with Gasteiger partial charge in [0, 0.05) is 31.2 Å². The number of nitrogens with zero attached hydrogens (tertiary/aromatic N) is 2. The quantitative estimate of drug-likeness (QED) is 0.914. The topological polar surface area (TPSA) is 45.2 Å². The molecule has 1 aromatic heterocycles. The van der Waals surface area contributed by atoms with Crippen LogP contribution in [0.15, 0.2) is 30.5 Å². The second-order valence-electron chi connectivity index (χ2n) is 5.41. The highest BCUT2D eigenvalue weighted by Crippen LogP contribution is 2.25. The number of carbonyl (C=O) groups is 1. The van der Waals surface area contributed by atoms with E-state index in [0.29, 0.717) is 5.56 Å². The Balaban J connectivity index is 2.53. The molecule has 0 fully saturated rings. The van der Waals surface area contributed by atoms with Crippen molar-refractivity contribution in [3.63, 3.8) is 0 Å². The van der Waals surface area contributed by atoms with Gasteiger partial charge in [0.05, 0.1) is 5.56 Å².